The second-order valence-corrected chi connectivity index (χ2v) is 7.53. The van der Waals surface area contributed by atoms with Gasteiger partial charge in [0.05, 0.1) is 0 Å². The average molecular weight is 260 g/mol. The Balaban J connectivity index is 2.07. The molecule has 2 saturated carbocycles. The zero-order chi connectivity index (χ0) is 14.0. The topological polar surface area (TPSA) is 0 Å². The summed E-state index contributed by atoms with van der Waals surface area (Å²) in [5.41, 5.74) is 3.52. The number of fused-ring (bicyclic) bond motifs is 1. The van der Waals surface area contributed by atoms with Crippen molar-refractivity contribution in [3.63, 3.8) is 0 Å². The van der Waals surface area contributed by atoms with Crippen molar-refractivity contribution in [2.24, 2.45) is 23.2 Å². The van der Waals surface area contributed by atoms with Crippen LogP contribution in [-0.2, 0) is 0 Å². The summed E-state index contributed by atoms with van der Waals surface area (Å²) in [5, 5.41) is 0. The molecule has 0 aromatic rings. The fraction of sp³-hybridized carbons (Fsp3) is 0.789. The zero-order valence-corrected chi connectivity index (χ0v) is 13.6. The molecule has 0 heterocycles. The van der Waals surface area contributed by atoms with E-state index < -0.39 is 0 Å². The van der Waals surface area contributed by atoms with Crippen molar-refractivity contribution in [3.8, 4) is 0 Å². The highest BCUT2D eigenvalue weighted by atomic mass is 14.5. The lowest BCUT2D eigenvalue weighted by molar-refractivity contribution is 0.0810. The van der Waals surface area contributed by atoms with Gasteiger partial charge in [0.2, 0.25) is 0 Å². The SMILES string of the molecule is CC(C)=C(C)/C=C/[C@@H](C)[C@H]1CC[C@@H]2CCCC[C@]21C. The van der Waals surface area contributed by atoms with Crippen LogP contribution in [-0.4, -0.2) is 0 Å². The Hall–Kier alpha value is -0.520. The molecule has 0 bridgehead atoms. The van der Waals surface area contributed by atoms with Gasteiger partial charge in [0, 0.05) is 0 Å². The van der Waals surface area contributed by atoms with Crippen molar-refractivity contribution in [1.82, 2.24) is 0 Å². The van der Waals surface area contributed by atoms with E-state index in [-0.39, 0.29) is 0 Å². The highest BCUT2D eigenvalue weighted by molar-refractivity contribution is 5.21. The first kappa shape index (κ1) is 14.9. The van der Waals surface area contributed by atoms with E-state index in [1.165, 1.54) is 49.7 Å². The van der Waals surface area contributed by atoms with E-state index in [0.29, 0.717) is 5.41 Å². The lowest BCUT2D eigenvalue weighted by Gasteiger charge is -2.42. The van der Waals surface area contributed by atoms with Crippen LogP contribution in [0.25, 0.3) is 0 Å². The van der Waals surface area contributed by atoms with Gasteiger partial charge in [-0.2, -0.15) is 0 Å². The molecule has 108 valence electrons. The third-order valence-corrected chi connectivity index (χ3v) is 6.20. The molecular weight excluding hydrogens is 228 g/mol. The predicted molar refractivity (Wildman–Crippen MR) is 85.1 cm³/mol. The molecule has 2 aliphatic carbocycles. The summed E-state index contributed by atoms with van der Waals surface area (Å²) in [4.78, 5) is 0. The molecule has 0 nitrogen and oxygen atoms in total. The van der Waals surface area contributed by atoms with E-state index in [4.69, 9.17) is 0 Å². The molecule has 0 aliphatic heterocycles. The summed E-state index contributed by atoms with van der Waals surface area (Å²) in [6.07, 6.45) is 13.7. The maximum Gasteiger partial charge on any atom is -0.0225 e. The minimum absolute atomic E-state index is 0.640. The zero-order valence-electron chi connectivity index (χ0n) is 13.6. The molecule has 0 spiro atoms. The Morgan fingerprint density at radius 2 is 1.84 bits per heavy atom. The van der Waals surface area contributed by atoms with E-state index in [9.17, 15) is 0 Å². The number of hydrogen-bond donors (Lipinski definition) is 0. The second-order valence-electron chi connectivity index (χ2n) is 7.53. The number of hydrogen-bond acceptors (Lipinski definition) is 0. The van der Waals surface area contributed by atoms with E-state index >= 15 is 0 Å². The van der Waals surface area contributed by atoms with E-state index in [1.807, 2.05) is 0 Å². The van der Waals surface area contributed by atoms with Gasteiger partial charge in [-0.05, 0) is 69.6 Å². The van der Waals surface area contributed by atoms with E-state index in [0.717, 1.165) is 17.8 Å². The lowest BCUT2D eigenvalue weighted by Crippen LogP contribution is -2.34. The van der Waals surface area contributed by atoms with Crippen LogP contribution in [0.2, 0.25) is 0 Å². The highest BCUT2D eigenvalue weighted by Crippen LogP contribution is 2.57. The molecule has 4 atom stereocenters. The third kappa shape index (κ3) is 2.98. The Morgan fingerprint density at radius 3 is 2.53 bits per heavy atom. The van der Waals surface area contributed by atoms with Crippen molar-refractivity contribution in [2.45, 2.75) is 73.1 Å². The van der Waals surface area contributed by atoms with Crippen LogP contribution in [0.4, 0.5) is 0 Å². The Morgan fingerprint density at radius 1 is 1.11 bits per heavy atom. The molecule has 0 aromatic carbocycles. The summed E-state index contributed by atoms with van der Waals surface area (Å²) in [5.74, 6) is 2.67. The number of allylic oxidation sites excluding steroid dienone is 4. The molecule has 2 fully saturated rings. The molecular formula is C19H32. The molecule has 19 heavy (non-hydrogen) atoms. The summed E-state index contributed by atoms with van der Waals surface area (Å²) in [6.45, 7) is 11.7. The molecule has 2 rings (SSSR count). The summed E-state index contributed by atoms with van der Waals surface area (Å²) in [6, 6.07) is 0. The molecule has 0 aromatic heterocycles. The quantitative estimate of drug-likeness (QED) is 0.534. The van der Waals surface area contributed by atoms with Gasteiger partial charge in [0.25, 0.3) is 0 Å². The van der Waals surface area contributed by atoms with Crippen molar-refractivity contribution in [3.05, 3.63) is 23.3 Å². The first-order chi connectivity index (χ1) is 8.95. The standard InChI is InChI=1S/C19H32/c1-14(2)15(3)9-10-16(4)18-12-11-17-8-6-7-13-19(17,18)5/h9-10,16-18H,6-8,11-13H2,1-5H3/b10-9+/t16-,17+,18-,19-/m1/s1. The van der Waals surface area contributed by atoms with E-state index in [2.05, 4.69) is 46.8 Å². The fourth-order valence-corrected chi connectivity index (χ4v) is 4.56. The minimum Gasteiger partial charge on any atom is -0.0811 e. The molecule has 0 amide bonds. The van der Waals surface area contributed by atoms with Gasteiger partial charge >= 0.3 is 0 Å². The van der Waals surface area contributed by atoms with Crippen LogP contribution >= 0.6 is 0 Å². The average Bonchev–Trinajstić information content (AvgIpc) is 2.72. The maximum atomic E-state index is 2.59. The third-order valence-electron chi connectivity index (χ3n) is 6.20. The van der Waals surface area contributed by atoms with Crippen LogP contribution in [0.3, 0.4) is 0 Å². The van der Waals surface area contributed by atoms with Crippen LogP contribution in [0, 0.1) is 23.2 Å². The van der Waals surface area contributed by atoms with Crippen molar-refractivity contribution >= 4 is 0 Å². The monoisotopic (exact) mass is 260 g/mol. The van der Waals surface area contributed by atoms with Crippen molar-refractivity contribution in [2.75, 3.05) is 0 Å². The van der Waals surface area contributed by atoms with Crippen LogP contribution < -0.4 is 0 Å². The molecule has 0 N–H and O–H groups in total. The Kier molecular flexibility index (Phi) is 4.58. The molecule has 0 radical (unpaired) electrons. The van der Waals surface area contributed by atoms with Gasteiger partial charge in [-0.25, -0.2) is 0 Å². The van der Waals surface area contributed by atoms with Gasteiger partial charge in [-0.15, -0.1) is 0 Å². The molecule has 0 unspecified atom stereocenters. The van der Waals surface area contributed by atoms with Crippen LogP contribution in [0.15, 0.2) is 23.3 Å². The van der Waals surface area contributed by atoms with Crippen molar-refractivity contribution < 1.29 is 0 Å². The van der Waals surface area contributed by atoms with Gasteiger partial charge in [-0.1, -0.05) is 50.0 Å². The van der Waals surface area contributed by atoms with E-state index in [1.54, 1.807) is 0 Å². The molecule has 0 heteroatoms. The smallest absolute Gasteiger partial charge is 0.0225 e. The summed E-state index contributed by atoms with van der Waals surface area (Å²) < 4.78 is 0. The first-order valence-corrected chi connectivity index (χ1v) is 8.27. The van der Waals surface area contributed by atoms with Gasteiger partial charge < -0.3 is 0 Å². The number of rotatable bonds is 3. The Labute approximate surface area is 120 Å². The molecule has 2 aliphatic rings. The Bertz CT molecular complexity index is 369. The largest absolute Gasteiger partial charge is 0.0811 e. The molecule has 0 saturated heterocycles. The second kappa shape index (κ2) is 5.85. The first-order valence-electron chi connectivity index (χ1n) is 8.27. The maximum absolute atomic E-state index is 2.59. The highest BCUT2D eigenvalue weighted by Gasteiger charge is 2.48. The fourth-order valence-electron chi connectivity index (χ4n) is 4.56. The predicted octanol–water partition coefficient (Wildman–Crippen LogP) is 6.14. The minimum atomic E-state index is 0.640. The van der Waals surface area contributed by atoms with Crippen LogP contribution in [0.1, 0.15) is 73.1 Å². The van der Waals surface area contributed by atoms with Crippen LogP contribution in [0.5, 0.6) is 0 Å². The summed E-state index contributed by atoms with van der Waals surface area (Å²) in [7, 11) is 0. The summed E-state index contributed by atoms with van der Waals surface area (Å²) >= 11 is 0. The normalized spacial score (nSPS) is 36.3. The van der Waals surface area contributed by atoms with Gasteiger partial charge in [-0.3, -0.25) is 0 Å². The van der Waals surface area contributed by atoms with Crippen molar-refractivity contribution in [1.29, 1.82) is 0 Å². The van der Waals surface area contributed by atoms with Gasteiger partial charge in [0.1, 0.15) is 0 Å². The lowest BCUT2D eigenvalue weighted by atomic mass is 9.63. The van der Waals surface area contributed by atoms with Gasteiger partial charge in [0.15, 0.2) is 0 Å².